The number of carbonyl (C=O) groups excluding carboxylic acids is 2. The molecule has 1 aliphatic heterocycles. The number of aromatic nitrogens is 2. The van der Waals surface area contributed by atoms with Crippen LogP contribution in [-0.2, 0) is 15.8 Å². The number of anilines is 1. The summed E-state index contributed by atoms with van der Waals surface area (Å²) in [7, 11) is 0. The van der Waals surface area contributed by atoms with E-state index >= 15 is 0 Å². The number of carbonyl (C=O) groups is 2. The Labute approximate surface area is 136 Å². The van der Waals surface area contributed by atoms with Crippen molar-refractivity contribution in [3.8, 4) is 0 Å². The van der Waals surface area contributed by atoms with Gasteiger partial charge in [0.25, 0.3) is 0 Å². The Hall–Kier alpha value is -1.44. The second-order valence-corrected chi connectivity index (χ2v) is 7.03. The highest BCUT2D eigenvalue weighted by molar-refractivity contribution is 8.01. The van der Waals surface area contributed by atoms with Gasteiger partial charge < -0.3 is 11.1 Å². The first-order chi connectivity index (χ1) is 10.6. The number of amides is 2. The van der Waals surface area contributed by atoms with Crippen LogP contribution in [0.25, 0.3) is 0 Å². The molecule has 1 aliphatic rings. The molecule has 1 saturated heterocycles. The average Bonchev–Trinajstić information content (AvgIpc) is 2.85. The molecule has 1 fully saturated rings. The van der Waals surface area contributed by atoms with E-state index in [-0.39, 0.29) is 28.8 Å². The SMILES string of the molecule is CC(SC1NC(=O)CC(N)N1)C(=O)Nc1nnc(C(F)(F)F)s1. The van der Waals surface area contributed by atoms with E-state index in [0.717, 1.165) is 11.8 Å². The van der Waals surface area contributed by atoms with Gasteiger partial charge in [0.05, 0.1) is 17.8 Å². The molecule has 8 nitrogen and oxygen atoms in total. The van der Waals surface area contributed by atoms with Gasteiger partial charge in [0.1, 0.15) is 5.50 Å². The highest BCUT2D eigenvalue weighted by Crippen LogP contribution is 2.33. The minimum Gasteiger partial charge on any atom is -0.332 e. The Morgan fingerprint density at radius 2 is 2.22 bits per heavy atom. The number of hydrogen-bond acceptors (Lipinski definition) is 8. The molecule has 0 radical (unpaired) electrons. The molecule has 2 amide bonds. The predicted molar refractivity (Wildman–Crippen MR) is 78.3 cm³/mol. The van der Waals surface area contributed by atoms with E-state index in [4.69, 9.17) is 5.73 Å². The number of nitrogens with zero attached hydrogens (tertiary/aromatic N) is 2. The van der Waals surface area contributed by atoms with Crippen LogP contribution >= 0.6 is 23.1 Å². The summed E-state index contributed by atoms with van der Waals surface area (Å²) >= 11 is 1.31. The molecule has 2 rings (SSSR count). The van der Waals surface area contributed by atoms with Crippen molar-refractivity contribution < 1.29 is 22.8 Å². The summed E-state index contributed by atoms with van der Waals surface area (Å²) in [6, 6.07) is 0. The Balaban J connectivity index is 1.90. The minimum atomic E-state index is -4.60. The van der Waals surface area contributed by atoms with E-state index in [1.165, 1.54) is 0 Å². The van der Waals surface area contributed by atoms with Crippen LogP contribution in [0.15, 0.2) is 0 Å². The monoisotopic (exact) mass is 370 g/mol. The van der Waals surface area contributed by atoms with Crippen molar-refractivity contribution in [2.75, 3.05) is 5.32 Å². The van der Waals surface area contributed by atoms with E-state index < -0.39 is 34.0 Å². The first-order valence-corrected chi connectivity index (χ1v) is 8.09. The number of thioether (sulfide) groups is 1. The normalized spacial score (nSPS) is 23.3. The molecule has 0 saturated carbocycles. The Bertz CT molecular complexity index is 595. The van der Waals surface area contributed by atoms with Crippen molar-refractivity contribution in [1.29, 1.82) is 0 Å². The van der Waals surface area contributed by atoms with Crippen molar-refractivity contribution in [1.82, 2.24) is 20.8 Å². The van der Waals surface area contributed by atoms with Gasteiger partial charge in [-0.2, -0.15) is 13.2 Å². The maximum absolute atomic E-state index is 12.4. The van der Waals surface area contributed by atoms with Crippen molar-refractivity contribution in [2.45, 2.75) is 36.4 Å². The van der Waals surface area contributed by atoms with Gasteiger partial charge in [-0.05, 0) is 6.92 Å². The van der Waals surface area contributed by atoms with Crippen molar-refractivity contribution in [3.63, 3.8) is 0 Å². The number of rotatable bonds is 4. The molecule has 1 aromatic heterocycles. The second-order valence-electron chi connectivity index (χ2n) is 4.60. The van der Waals surface area contributed by atoms with Gasteiger partial charge in [-0.1, -0.05) is 11.3 Å². The number of nitrogens with two attached hydrogens (primary N) is 1. The molecule has 5 N–H and O–H groups in total. The molecule has 2 heterocycles. The zero-order valence-corrected chi connectivity index (χ0v) is 13.3. The van der Waals surface area contributed by atoms with Gasteiger partial charge >= 0.3 is 6.18 Å². The molecule has 0 spiro atoms. The fraction of sp³-hybridized carbons (Fsp3) is 0.600. The third kappa shape index (κ3) is 5.02. The fourth-order valence-corrected chi connectivity index (χ4v) is 3.29. The highest BCUT2D eigenvalue weighted by atomic mass is 32.2. The van der Waals surface area contributed by atoms with Gasteiger partial charge in [0.2, 0.25) is 22.0 Å². The lowest BCUT2D eigenvalue weighted by molar-refractivity contribution is -0.138. The number of hydrogen-bond donors (Lipinski definition) is 4. The molecule has 0 bridgehead atoms. The smallest absolute Gasteiger partial charge is 0.332 e. The molecule has 0 aliphatic carbocycles. The van der Waals surface area contributed by atoms with Crippen LogP contribution in [0.4, 0.5) is 18.3 Å². The third-order valence-electron chi connectivity index (χ3n) is 2.67. The van der Waals surface area contributed by atoms with E-state index in [2.05, 4.69) is 26.1 Å². The largest absolute Gasteiger partial charge is 0.445 e. The molecular weight excluding hydrogens is 357 g/mol. The van der Waals surface area contributed by atoms with Crippen LogP contribution in [0.1, 0.15) is 18.4 Å². The second kappa shape index (κ2) is 6.98. The molecule has 1 aromatic rings. The molecule has 128 valence electrons. The van der Waals surface area contributed by atoms with Crippen LogP contribution in [0.5, 0.6) is 0 Å². The van der Waals surface area contributed by atoms with Crippen molar-refractivity contribution >= 4 is 40.0 Å². The molecular formula is C10H13F3N6O2S2. The highest BCUT2D eigenvalue weighted by Gasteiger charge is 2.36. The quantitative estimate of drug-likeness (QED) is 0.601. The maximum Gasteiger partial charge on any atom is 0.445 e. The van der Waals surface area contributed by atoms with Gasteiger partial charge in [-0.15, -0.1) is 22.0 Å². The minimum absolute atomic E-state index is 0.128. The number of halogens is 3. The van der Waals surface area contributed by atoms with Crippen molar-refractivity contribution in [2.24, 2.45) is 5.73 Å². The van der Waals surface area contributed by atoms with Gasteiger partial charge in [0.15, 0.2) is 0 Å². The van der Waals surface area contributed by atoms with E-state index in [9.17, 15) is 22.8 Å². The summed E-state index contributed by atoms with van der Waals surface area (Å²) in [4.78, 5) is 23.3. The van der Waals surface area contributed by atoms with Gasteiger partial charge in [-0.25, -0.2) is 0 Å². The fourth-order valence-electron chi connectivity index (χ4n) is 1.63. The zero-order valence-electron chi connectivity index (χ0n) is 11.7. The Morgan fingerprint density at radius 1 is 1.52 bits per heavy atom. The van der Waals surface area contributed by atoms with E-state index in [1.54, 1.807) is 6.92 Å². The van der Waals surface area contributed by atoms with E-state index in [0.29, 0.717) is 0 Å². The lowest BCUT2D eigenvalue weighted by Crippen LogP contribution is -2.58. The van der Waals surface area contributed by atoms with Gasteiger partial charge in [0, 0.05) is 0 Å². The summed E-state index contributed by atoms with van der Waals surface area (Å²) < 4.78 is 37.2. The van der Waals surface area contributed by atoms with Crippen molar-refractivity contribution in [3.05, 3.63) is 5.01 Å². The summed E-state index contributed by atoms with van der Waals surface area (Å²) in [5.41, 5.74) is 5.06. The maximum atomic E-state index is 12.4. The average molecular weight is 370 g/mol. The van der Waals surface area contributed by atoms with Crippen LogP contribution in [0, 0.1) is 0 Å². The Morgan fingerprint density at radius 3 is 2.78 bits per heavy atom. The summed E-state index contributed by atoms with van der Waals surface area (Å²) in [5, 5.41) is 11.9. The lowest BCUT2D eigenvalue weighted by Gasteiger charge is -2.30. The predicted octanol–water partition coefficient (Wildman–Crippen LogP) is 0.295. The summed E-state index contributed by atoms with van der Waals surface area (Å²) in [6.07, 6.45) is -5.00. The number of alkyl halides is 3. The van der Waals surface area contributed by atoms with Crippen LogP contribution in [-0.4, -0.2) is 38.9 Å². The molecule has 0 aromatic carbocycles. The standard InChI is InChI=1S/C10H13F3N6O2S2/c1-3(22-8-15-4(14)2-5(20)16-8)6(21)17-9-19-18-7(23-9)10(11,12)13/h3-4,8,15H,2,14H2,1H3,(H,16,20)(H,17,19,21). The first kappa shape index (κ1) is 17.9. The molecule has 13 heteroatoms. The van der Waals surface area contributed by atoms with Crippen LogP contribution < -0.4 is 21.7 Å². The summed E-state index contributed by atoms with van der Waals surface area (Å²) in [6.45, 7) is 1.54. The topological polar surface area (TPSA) is 122 Å². The third-order valence-corrected chi connectivity index (χ3v) is 4.70. The Kier molecular flexibility index (Phi) is 5.44. The molecule has 3 unspecified atom stereocenters. The number of nitrogens with one attached hydrogen (secondary N) is 3. The zero-order chi connectivity index (χ0) is 17.2. The summed E-state index contributed by atoms with van der Waals surface area (Å²) in [5.74, 6) is -0.810. The lowest BCUT2D eigenvalue weighted by atomic mass is 10.3. The van der Waals surface area contributed by atoms with Crippen LogP contribution in [0.2, 0.25) is 0 Å². The molecule has 23 heavy (non-hydrogen) atoms. The first-order valence-electron chi connectivity index (χ1n) is 6.33. The van der Waals surface area contributed by atoms with E-state index in [1.807, 2.05) is 0 Å². The molecule has 3 atom stereocenters. The van der Waals surface area contributed by atoms with Crippen LogP contribution in [0.3, 0.4) is 0 Å². The van der Waals surface area contributed by atoms with Gasteiger partial charge in [-0.3, -0.25) is 20.2 Å².